The SMILES string of the molecule is C[C@H]1CCC(C(O)(C(F)(F)F)C(F)(F)F)C2CCCCC21. The Labute approximate surface area is 119 Å². The van der Waals surface area contributed by atoms with Crippen LogP contribution in [0, 0.1) is 23.7 Å². The Morgan fingerprint density at radius 1 is 0.762 bits per heavy atom. The number of aliphatic hydroxyl groups is 1. The first kappa shape index (κ1) is 16.9. The summed E-state index contributed by atoms with van der Waals surface area (Å²) in [7, 11) is 0. The van der Waals surface area contributed by atoms with Gasteiger partial charge in [0, 0.05) is 5.92 Å². The molecule has 124 valence electrons. The fourth-order valence-corrected chi connectivity index (χ4v) is 4.36. The largest absolute Gasteiger partial charge is 0.426 e. The molecule has 0 bridgehead atoms. The summed E-state index contributed by atoms with van der Waals surface area (Å²) >= 11 is 0. The van der Waals surface area contributed by atoms with E-state index in [9.17, 15) is 31.4 Å². The predicted molar refractivity (Wildman–Crippen MR) is 64.4 cm³/mol. The summed E-state index contributed by atoms with van der Waals surface area (Å²) in [6.07, 6.45) is -8.83. The van der Waals surface area contributed by atoms with Crippen molar-refractivity contribution in [1.82, 2.24) is 0 Å². The molecule has 4 atom stereocenters. The molecule has 0 heterocycles. The minimum Gasteiger partial charge on any atom is -0.373 e. The lowest BCUT2D eigenvalue weighted by molar-refractivity contribution is -0.394. The molecule has 0 aromatic carbocycles. The van der Waals surface area contributed by atoms with Gasteiger partial charge in [0.1, 0.15) is 0 Å². The molecule has 3 unspecified atom stereocenters. The molecule has 2 rings (SSSR count). The highest BCUT2D eigenvalue weighted by atomic mass is 19.4. The van der Waals surface area contributed by atoms with E-state index >= 15 is 0 Å². The fourth-order valence-electron chi connectivity index (χ4n) is 4.36. The van der Waals surface area contributed by atoms with Crippen LogP contribution >= 0.6 is 0 Å². The molecule has 0 amide bonds. The Morgan fingerprint density at radius 3 is 1.71 bits per heavy atom. The van der Waals surface area contributed by atoms with Crippen LogP contribution in [0.3, 0.4) is 0 Å². The Kier molecular flexibility index (Phi) is 4.28. The van der Waals surface area contributed by atoms with Crippen LogP contribution in [0.15, 0.2) is 0 Å². The molecule has 0 spiro atoms. The molecule has 2 aliphatic carbocycles. The predicted octanol–water partition coefficient (Wildman–Crippen LogP) is 4.69. The molecule has 0 aromatic rings. The lowest BCUT2D eigenvalue weighted by Gasteiger charge is -2.51. The second-order valence-electron chi connectivity index (χ2n) is 6.54. The summed E-state index contributed by atoms with van der Waals surface area (Å²) in [6.45, 7) is 1.89. The molecular formula is C14H20F6O. The molecule has 1 nitrogen and oxygen atoms in total. The summed E-state index contributed by atoms with van der Waals surface area (Å²) in [5.41, 5.74) is -4.58. The number of halogens is 6. The zero-order valence-electron chi connectivity index (χ0n) is 11.8. The zero-order valence-corrected chi connectivity index (χ0v) is 11.8. The van der Waals surface area contributed by atoms with E-state index in [2.05, 4.69) is 0 Å². The van der Waals surface area contributed by atoms with Gasteiger partial charge in [0.25, 0.3) is 5.60 Å². The van der Waals surface area contributed by atoms with Gasteiger partial charge in [-0.05, 0) is 37.0 Å². The molecule has 0 saturated heterocycles. The minimum atomic E-state index is -5.70. The van der Waals surface area contributed by atoms with E-state index in [4.69, 9.17) is 0 Å². The molecule has 2 aliphatic rings. The molecule has 0 aromatic heterocycles. The van der Waals surface area contributed by atoms with Crippen LogP contribution in [0.5, 0.6) is 0 Å². The van der Waals surface area contributed by atoms with E-state index in [-0.39, 0.29) is 18.3 Å². The maximum absolute atomic E-state index is 13.1. The average molecular weight is 318 g/mol. The monoisotopic (exact) mass is 318 g/mol. The topological polar surface area (TPSA) is 20.2 Å². The molecule has 2 saturated carbocycles. The summed E-state index contributed by atoms with van der Waals surface area (Å²) < 4.78 is 78.4. The summed E-state index contributed by atoms with van der Waals surface area (Å²) in [5.74, 6) is -2.50. The van der Waals surface area contributed by atoms with Crippen molar-refractivity contribution in [3.8, 4) is 0 Å². The lowest BCUT2D eigenvalue weighted by atomic mass is 9.57. The van der Waals surface area contributed by atoms with E-state index in [1.807, 2.05) is 6.92 Å². The third-order valence-corrected chi connectivity index (χ3v) is 5.46. The van der Waals surface area contributed by atoms with Crippen LogP contribution in [0.25, 0.3) is 0 Å². The normalized spacial score (nSPS) is 35.4. The summed E-state index contributed by atoms with van der Waals surface area (Å²) in [6, 6.07) is 0. The second kappa shape index (κ2) is 5.32. The van der Waals surface area contributed by atoms with Gasteiger partial charge in [-0.25, -0.2) is 0 Å². The Bertz CT molecular complexity index is 361. The zero-order chi connectivity index (χ0) is 16.1. The van der Waals surface area contributed by atoms with E-state index in [1.54, 1.807) is 0 Å². The first-order valence-electron chi connectivity index (χ1n) is 7.36. The van der Waals surface area contributed by atoms with Crippen molar-refractivity contribution in [3.63, 3.8) is 0 Å². The molecule has 7 heteroatoms. The van der Waals surface area contributed by atoms with Gasteiger partial charge in [-0.3, -0.25) is 0 Å². The molecular weight excluding hydrogens is 298 g/mol. The van der Waals surface area contributed by atoms with Crippen molar-refractivity contribution in [2.75, 3.05) is 0 Å². The van der Waals surface area contributed by atoms with Gasteiger partial charge in [-0.15, -0.1) is 0 Å². The summed E-state index contributed by atoms with van der Waals surface area (Å²) in [4.78, 5) is 0. The van der Waals surface area contributed by atoms with Crippen LogP contribution in [-0.4, -0.2) is 23.1 Å². The first-order valence-corrected chi connectivity index (χ1v) is 7.36. The molecule has 0 radical (unpaired) electrons. The fraction of sp³-hybridized carbons (Fsp3) is 1.00. The van der Waals surface area contributed by atoms with Crippen molar-refractivity contribution in [2.24, 2.45) is 23.7 Å². The van der Waals surface area contributed by atoms with Crippen molar-refractivity contribution in [1.29, 1.82) is 0 Å². The highest BCUT2D eigenvalue weighted by Crippen LogP contribution is 2.57. The van der Waals surface area contributed by atoms with Crippen LogP contribution in [0.1, 0.15) is 45.4 Å². The van der Waals surface area contributed by atoms with Crippen molar-refractivity contribution in [2.45, 2.75) is 63.4 Å². The molecule has 1 N–H and O–H groups in total. The number of alkyl halides is 6. The van der Waals surface area contributed by atoms with E-state index in [0.717, 1.165) is 6.42 Å². The summed E-state index contributed by atoms with van der Waals surface area (Å²) in [5, 5.41) is 9.68. The standard InChI is InChI=1S/C14H20F6O/c1-8-6-7-11(10-5-3-2-4-9(8)10)12(21,13(15,16)17)14(18,19)20/h8-11,21H,2-7H2,1H3/t8-,9?,10?,11?/m0/s1. The smallest absolute Gasteiger partial charge is 0.373 e. The maximum Gasteiger partial charge on any atom is 0.426 e. The number of hydrogen-bond donors (Lipinski definition) is 1. The Hall–Kier alpha value is -0.460. The lowest BCUT2D eigenvalue weighted by Crippen LogP contribution is -2.65. The highest BCUT2D eigenvalue weighted by molar-refractivity contribution is 5.05. The quantitative estimate of drug-likeness (QED) is 0.695. The van der Waals surface area contributed by atoms with Crippen LogP contribution in [0.2, 0.25) is 0 Å². The number of fused-ring (bicyclic) bond motifs is 1. The van der Waals surface area contributed by atoms with Gasteiger partial charge >= 0.3 is 12.4 Å². The Morgan fingerprint density at radius 2 is 1.24 bits per heavy atom. The van der Waals surface area contributed by atoms with Crippen molar-refractivity contribution < 1.29 is 31.4 Å². The van der Waals surface area contributed by atoms with Gasteiger partial charge in [-0.1, -0.05) is 26.2 Å². The van der Waals surface area contributed by atoms with Gasteiger partial charge < -0.3 is 5.11 Å². The minimum absolute atomic E-state index is 0.122. The van der Waals surface area contributed by atoms with Crippen molar-refractivity contribution >= 4 is 0 Å². The highest BCUT2D eigenvalue weighted by Gasteiger charge is 2.75. The third kappa shape index (κ3) is 2.66. The molecule has 2 fully saturated rings. The van der Waals surface area contributed by atoms with E-state index in [0.29, 0.717) is 25.7 Å². The third-order valence-electron chi connectivity index (χ3n) is 5.46. The van der Waals surface area contributed by atoms with E-state index < -0.39 is 29.8 Å². The van der Waals surface area contributed by atoms with Gasteiger partial charge in [0.15, 0.2) is 0 Å². The average Bonchev–Trinajstić information content (AvgIpc) is 2.36. The van der Waals surface area contributed by atoms with Crippen LogP contribution < -0.4 is 0 Å². The van der Waals surface area contributed by atoms with Crippen LogP contribution in [-0.2, 0) is 0 Å². The van der Waals surface area contributed by atoms with Gasteiger partial charge in [0.2, 0.25) is 0 Å². The maximum atomic E-state index is 13.1. The van der Waals surface area contributed by atoms with E-state index in [1.165, 1.54) is 0 Å². The number of rotatable bonds is 1. The van der Waals surface area contributed by atoms with Gasteiger partial charge in [0.05, 0.1) is 0 Å². The van der Waals surface area contributed by atoms with Crippen molar-refractivity contribution in [3.05, 3.63) is 0 Å². The number of hydrogen-bond acceptors (Lipinski definition) is 1. The Balaban J connectivity index is 2.40. The second-order valence-corrected chi connectivity index (χ2v) is 6.54. The molecule has 0 aliphatic heterocycles. The van der Waals surface area contributed by atoms with Gasteiger partial charge in [-0.2, -0.15) is 26.3 Å². The molecule has 21 heavy (non-hydrogen) atoms. The van der Waals surface area contributed by atoms with Crippen LogP contribution in [0.4, 0.5) is 26.3 Å². The first-order chi connectivity index (χ1) is 9.50.